The van der Waals surface area contributed by atoms with Crippen molar-refractivity contribution in [2.24, 2.45) is 11.7 Å². The standard InChI is InChI=1S/C13H27N3O/c14-4-1-13-2-5-15(6-3-13)7-8-16-9-11-17-12-10-16/h13H,1-12,14H2. The van der Waals surface area contributed by atoms with Crippen LogP contribution in [0.3, 0.4) is 0 Å². The molecule has 0 aromatic carbocycles. The molecule has 2 N–H and O–H groups in total. The number of likely N-dealkylation sites (tertiary alicyclic amines) is 1. The summed E-state index contributed by atoms with van der Waals surface area (Å²) in [4.78, 5) is 5.14. The van der Waals surface area contributed by atoms with Crippen LogP contribution >= 0.6 is 0 Å². The lowest BCUT2D eigenvalue weighted by Crippen LogP contribution is -2.43. The molecule has 0 atom stereocenters. The van der Waals surface area contributed by atoms with Crippen LogP contribution in [0.25, 0.3) is 0 Å². The number of nitrogens with zero attached hydrogens (tertiary/aromatic N) is 2. The van der Waals surface area contributed by atoms with E-state index in [1.807, 2.05) is 0 Å². The first kappa shape index (κ1) is 13.3. The smallest absolute Gasteiger partial charge is 0.0594 e. The van der Waals surface area contributed by atoms with Gasteiger partial charge >= 0.3 is 0 Å². The number of rotatable bonds is 5. The second-order valence-electron chi connectivity index (χ2n) is 5.32. The molecule has 2 fully saturated rings. The van der Waals surface area contributed by atoms with Crippen LogP contribution < -0.4 is 5.73 Å². The second kappa shape index (κ2) is 7.31. The van der Waals surface area contributed by atoms with E-state index in [4.69, 9.17) is 10.5 Å². The molecule has 0 unspecified atom stereocenters. The maximum Gasteiger partial charge on any atom is 0.0594 e. The first-order chi connectivity index (χ1) is 8.38. The first-order valence-electron chi connectivity index (χ1n) is 7.11. The molecule has 0 radical (unpaired) electrons. The minimum absolute atomic E-state index is 0.860. The van der Waals surface area contributed by atoms with Crippen molar-refractivity contribution >= 4 is 0 Å². The summed E-state index contributed by atoms with van der Waals surface area (Å²) in [6.45, 7) is 9.91. The minimum atomic E-state index is 0.860. The summed E-state index contributed by atoms with van der Waals surface area (Å²) in [5.41, 5.74) is 5.62. The quantitative estimate of drug-likeness (QED) is 0.755. The van der Waals surface area contributed by atoms with E-state index >= 15 is 0 Å². The third-order valence-corrected chi connectivity index (χ3v) is 4.12. The summed E-state index contributed by atoms with van der Waals surface area (Å²) in [5, 5.41) is 0. The van der Waals surface area contributed by atoms with Gasteiger partial charge in [-0.2, -0.15) is 0 Å². The monoisotopic (exact) mass is 241 g/mol. The van der Waals surface area contributed by atoms with Gasteiger partial charge in [-0.25, -0.2) is 0 Å². The lowest BCUT2D eigenvalue weighted by atomic mass is 9.94. The topological polar surface area (TPSA) is 41.7 Å². The molecule has 4 heteroatoms. The fourth-order valence-corrected chi connectivity index (χ4v) is 2.84. The van der Waals surface area contributed by atoms with Crippen LogP contribution in [0.1, 0.15) is 19.3 Å². The summed E-state index contributed by atoms with van der Waals surface area (Å²) in [5.74, 6) is 0.889. The van der Waals surface area contributed by atoms with Crippen LogP contribution in [0.15, 0.2) is 0 Å². The zero-order chi connectivity index (χ0) is 11.9. The van der Waals surface area contributed by atoms with E-state index in [0.717, 1.165) is 38.8 Å². The minimum Gasteiger partial charge on any atom is -0.379 e. The molecule has 0 amide bonds. The van der Waals surface area contributed by atoms with E-state index in [9.17, 15) is 0 Å². The summed E-state index contributed by atoms with van der Waals surface area (Å²) in [7, 11) is 0. The van der Waals surface area contributed by atoms with Crippen molar-refractivity contribution in [2.45, 2.75) is 19.3 Å². The highest BCUT2D eigenvalue weighted by Gasteiger charge is 2.19. The van der Waals surface area contributed by atoms with Gasteiger partial charge in [-0.1, -0.05) is 0 Å². The Bertz CT molecular complexity index is 199. The molecule has 0 aromatic rings. The average Bonchev–Trinajstić information content (AvgIpc) is 2.40. The number of nitrogens with two attached hydrogens (primary N) is 1. The molecule has 0 spiro atoms. The van der Waals surface area contributed by atoms with Crippen molar-refractivity contribution in [2.75, 3.05) is 59.0 Å². The molecule has 17 heavy (non-hydrogen) atoms. The van der Waals surface area contributed by atoms with Crippen molar-refractivity contribution in [3.8, 4) is 0 Å². The largest absolute Gasteiger partial charge is 0.379 e. The summed E-state index contributed by atoms with van der Waals surface area (Å²) >= 11 is 0. The molecule has 2 heterocycles. The van der Waals surface area contributed by atoms with Gasteiger partial charge in [0.05, 0.1) is 13.2 Å². The Balaban J connectivity index is 1.57. The van der Waals surface area contributed by atoms with Gasteiger partial charge in [0, 0.05) is 26.2 Å². The Hall–Kier alpha value is -0.160. The Kier molecular flexibility index (Phi) is 5.71. The van der Waals surface area contributed by atoms with Crippen LogP contribution in [-0.4, -0.2) is 68.8 Å². The van der Waals surface area contributed by atoms with Crippen LogP contribution in [0.5, 0.6) is 0 Å². The van der Waals surface area contributed by atoms with Gasteiger partial charge in [0.15, 0.2) is 0 Å². The average molecular weight is 241 g/mol. The summed E-state index contributed by atoms with van der Waals surface area (Å²) in [6.07, 6.45) is 3.91. The van der Waals surface area contributed by atoms with E-state index in [-0.39, 0.29) is 0 Å². The number of piperidine rings is 1. The van der Waals surface area contributed by atoms with Gasteiger partial charge in [-0.15, -0.1) is 0 Å². The fourth-order valence-electron chi connectivity index (χ4n) is 2.84. The van der Waals surface area contributed by atoms with E-state index in [1.165, 1.54) is 45.4 Å². The highest BCUT2D eigenvalue weighted by atomic mass is 16.5. The first-order valence-corrected chi connectivity index (χ1v) is 7.11. The highest BCUT2D eigenvalue weighted by molar-refractivity contribution is 4.74. The van der Waals surface area contributed by atoms with E-state index < -0.39 is 0 Å². The summed E-state index contributed by atoms with van der Waals surface area (Å²) < 4.78 is 5.37. The van der Waals surface area contributed by atoms with Crippen LogP contribution in [-0.2, 0) is 4.74 Å². The van der Waals surface area contributed by atoms with E-state index in [0.29, 0.717) is 0 Å². The van der Waals surface area contributed by atoms with Crippen LogP contribution in [0, 0.1) is 5.92 Å². The Morgan fingerprint density at radius 3 is 2.12 bits per heavy atom. The lowest BCUT2D eigenvalue weighted by Gasteiger charge is -2.34. The van der Waals surface area contributed by atoms with Gasteiger partial charge < -0.3 is 15.4 Å². The maximum atomic E-state index is 5.62. The molecule has 2 saturated heterocycles. The molecule has 2 aliphatic rings. The Labute approximate surface area is 105 Å². The Morgan fingerprint density at radius 2 is 1.53 bits per heavy atom. The maximum absolute atomic E-state index is 5.62. The van der Waals surface area contributed by atoms with Gasteiger partial charge in [0.2, 0.25) is 0 Å². The molecule has 0 saturated carbocycles. The predicted octanol–water partition coefficient (Wildman–Crippen LogP) is 0.379. The van der Waals surface area contributed by atoms with E-state index in [2.05, 4.69) is 9.80 Å². The highest BCUT2D eigenvalue weighted by Crippen LogP contribution is 2.19. The normalized spacial score (nSPS) is 25.2. The molecule has 0 aromatic heterocycles. The molecule has 2 aliphatic heterocycles. The second-order valence-corrected chi connectivity index (χ2v) is 5.32. The molecular formula is C13H27N3O. The molecule has 4 nitrogen and oxygen atoms in total. The predicted molar refractivity (Wildman–Crippen MR) is 70.1 cm³/mol. The molecular weight excluding hydrogens is 214 g/mol. The van der Waals surface area contributed by atoms with E-state index in [1.54, 1.807) is 0 Å². The SMILES string of the molecule is NCCC1CCN(CCN2CCOCC2)CC1. The Morgan fingerprint density at radius 1 is 0.941 bits per heavy atom. The number of ether oxygens (including phenoxy) is 1. The van der Waals surface area contributed by atoms with Crippen molar-refractivity contribution in [3.63, 3.8) is 0 Å². The van der Waals surface area contributed by atoms with Gasteiger partial charge in [0.1, 0.15) is 0 Å². The molecule has 0 bridgehead atoms. The lowest BCUT2D eigenvalue weighted by molar-refractivity contribution is 0.0313. The zero-order valence-electron chi connectivity index (χ0n) is 10.9. The number of morpholine rings is 1. The van der Waals surface area contributed by atoms with Gasteiger partial charge in [-0.05, 0) is 44.8 Å². The van der Waals surface area contributed by atoms with Gasteiger partial charge in [-0.3, -0.25) is 4.90 Å². The van der Waals surface area contributed by atoms with Crippen molar-refractivity contribution in [1.82, 2.24) is 9.80 Å². The third kappa shape index (κ3) is 4.54. The zero-order valence-corrected chi connectivity index (χ0v) is 10.9. The fraction of sp³-hybridized carbons (Fsp3) is 1.00. The number of hydrogen-bond donors (Lipinski definition) is 1. The third-order valence-electron chi connectivity index (χ3n) is 4.12. The van der Waals surface area contributed by atoms with Gasteiger partial charge in [0.25, 0.3) is 0 Å². The van der Waals surface area contributed by atoms with Crippen LogP contribution in [0.2, 0.25) is 0 Å². The number of hydrogen-bond acceptors (Lipinski definition) is 4. The van der Waals surface area contributed by atoms with Crippen molar-refractivity contribution < 1.29 is 4.74 Å². The molecule has 100 valence electrons. The van der Waals surface area contributed by atoms with Crippen molar-refractivity contribution in [3.05, 3.63) is 0 Å². The molecule has 2 rings (SSSR count). The summed E-state index contributed by atoms with van der Waals surface area (Å²) in [6, 6.07) is 0. The van der Waals surface area contributed by atoms with Crippen LogP contribution in [0.4, 0.5) is 0 Å². The molecule has 0 aliphatic carbocycles. The van der Waals surface area contributed by atoms with Crippen molar-refractivity contribution in [1.29, 1.82) is 0 Å².